The second-order valence-electron chi connectivity index (χ2n) is 5.51. The van der Waals surface area contributed by atoms with Crippen molar-refractivity contribution in [1.29, 1.82) is 0 Å². The highest BCUT2D eigenvalue weighted by molar-refractivity contribution is 6.06. The third kappa shape index (κ3) is 3.37. The van der Waals surface area contributed by atoms with Crippen LogP contribution in [0, 0.1) is 12.7 Å². The zero-order valence-corrected chi connectivity index (χ0v) is 14.5. The summed E-state index contributed by atoms with van der Waals surface area (Å²) < 4.78 is 29.1. The molecule has 0 radical (unpaired) electrons. The Balaban J connectivity index is 1.92. The molecule has 6 nitrogen and oxygen atoms in total. The summed E-state index contributed by atoms with van der Waals surface area (Å²) in [6.07, 6.45) is 1.19. The van der Waals surface area contributed by atoms with Gasteiger partial charge >= 0.3 is 0 Å². The third-order valence-corrected chi connectivity index (χ3v) is 3.86. The van der Waals surface area contributed by atoms with E-state index in [1.165, 1.54) is 38.8 Å². The zero-order chi connectivity index (χ0) is 18.7. The average molecular weight is 356 g/mol. The predicted octanol–water partition coefficient (Wildman–Crippen LogP) is 4.06. The Morgan fingerprint density at radius 2 is 1.88 bits per heavy atom. The summed E-state index contributed by atoms with van der Waals surface area (Å²) in [5, 5.41) is 2.72. The van der Waals surface area contributed by atoms with Crippen molar-refractivity contribution in [1.82, 2.24) is 4.98 Å². The first kappa shape index (κ1) is 17.5. The first-order chi connectivity index (χ1) is 12.5. The van der Waals surface area contributed by atoms with E-state index in [1.54, 1.807) is 25.1 Å². The highest BCUT2D eigenvalue weighted by Crippen LogP contribution is 2.33. The number of carbonyl (C=O) groups is 1. The quantitative estimate of drug-likeness (QED) is 0.746. The number of benzene rings is 2. The van der Waals surface area contributed by atoms with Crippen molar-refractivity contribution in [3.63, 3.8) is 0 Å². The number of rotatable bonds is 5. The number of hydrogen-bond acceptors (Lipinski definition) is 5. The van der Waals surface area contributed by atoms with E-state index in [9.17, 15) is 9.18 Å². The molecule has 2 aromatic carbocycles. The summed E-state index contributed by atoms with van der Waals surface area (Å²) in [6, 6.07) is 9.26. The van der Waals surface area contributed by atoms with Gasteiger partial charge in [0.25, 0.3) is 5.91 Å². The normalized spacial score (nSPS) is 10.5. The van der Waals surface area contributed by atoms with Crippen LogP contribution >= 0.6 is 0 Å². The molecule has 26 heavy (non-hydrogen) atoms. The molecule has 0 saturated heterocycles. The highest BCUT2D eigenvalue weighted by atomic mass is 19.1. The lowest BCUT2D eigenvalue weighted by molar-refractivity contribution is 0.102. The molecule has 0 aliphatic rings. The fourth-order valence-electron chi connectivity index (χ4n) is 2.54. The molecule has 1 N–H and O–H groups in total. The molecule has 0 bridgehead atoms. The number of oxazole rings is 1. The van der Waals surface area contributed by atoms with E-state index in [-0.39, 0.29) is 11.5 Å². The van der Waals surface area contributed by atoms with Crippen LogP contribution in [0.3, 0.4) is 0 Å². The van der Waals surface area contributed by atoms with Crippen molar-refractivity contribution in [3.8, 4) is 22.8 Å². The van der Waals surface area contributed by atoms with Gasteiger partial charge in [0, 0.05) is 11.3 Å². The summed E-state index contributed by atoms with van der Waals surface area (Å²) in [5.41, 5.74) is 1.83. The van der Waals surface area contributed by atoms with E-state index in [2.05, 4.69) is 10.3 Å². The molecule has 134 valence electrons. The number of carbonyl (C=O) groups excluding carboxylic acids is 1. The molecule has 0 atom stereocenters. The van der Waals surface area contributed by atoms with E-state index in [4.69, 9.17) is 13.9 Å². The smallest absolute Gasteiger partial charge is 0.278 e. The van der Waals surface area contributed by atoms with Crippen molar-refractivity contribution in [3.05, 3.63) is 59.9 Å². The molecule has 0 saturated carbocycles. The maximum Gasteiger partial charge on any atom is 0.278 e. The van der Waals surface area contributed by atoms with Crippen LogP contribution in [0.5, 0.6) is 11.5 Å². The molecule has 0 fully saturated rings. The van der Waals surface area contributed by atoms with Gasteiger partial charge in [-0.25, -0.2) is 9.37 Å². The molecule has 3 rings (SSSR count). The first-order valence-corrected chi connectivity index (χ1v) is 7.77. The second kappa shape index (κ2) is 7.26. The van der Waals surface area contributed by atoms with Gasteiger partial charge in [0.05, 0.1) is 14.2 Å². The van der Waals surface area contributed by atoms with Crippen molar-refractivity contribution >= 4 is 11.6 Å². The van der Waals surface area contributed by atoms with Gasteiger partial charge in [-0.05, 0) is 48.9 Å². The summed E-state index contributed by atoms with van der Waals surface area (Å²) in [4.78, 5) is 16.6. The molecule has 1 heterocycles. The summed E-state index contributed by atoms with van der Waals surface area (Å²) in [7, 11) is 3.06. The molecule has 0 unspecified atom stereocenters. The van der Waals surface area contributed by atoms with Crippen LogP contribution in [-0.2, 0) is 0 Å². The van der Waals surface area contributed by atoms with Crippen LogP contribution in [0.25, 0.3) is 11.3 Å². The largest absolute Gasteiger partial charge is 0.493 e. The van der Waals surface area contributed by atoms with Crippen LogP contribution in [-0.4, -0.2) is 25.1 Å². The van der Waals surface area contributed by atoms with Crippen LogP contribution in [0.1, 0.15) is 16.1 Å². The monoisotopic (exact) mass is 356 g/mol. The number of halogens is 1. The molecule has 0 aliphatic carbocycles. The van der Waals surface area contributed by atoms with Crippen LogP contribution in [0.2, 0.25) is 0 Å². The van der Waals surface area contributed by atoms with Gasteiger partial charge in [0.1, 0.15) is 5.82 Å². The van der Waals surface area contributed by atoms with Gasteiger partial charge in [0.15, 0.2) is 29.3 Å². The number of methoxy groups -OCH3 is 2. The number of aromatic nitrogens is 1. The standard InChI is InChI=1S/C19H17FN2O4/c1-11-8-13(20)5-6-14(11)22-19(23)17-18(26-10-21-17)12-4-7-15(24-2)16(9-12)25-3/h4-10H,1-3H3,(H,22,23). The molecular formula is C19H17FN2O4. The van der Waals surface area contributed by atoms with Gasteiger partial charge < -0.3 is 19.2 Å². The molecule has 3 aromatic rings. The molecule has 0 spiro atoms. The number of anilines is 1. The zero-order valence-electron chi connectivity index (χ0n) is 14.5. The van der Waals surface area contributed by atoms with Gasteiger partial charge in [-0.1, -0.05) is 0 Å². The molecule has 1 aromatic heterocycles. The number of aryl methyl sites for hydroxylation is 1. The molecule has 7 heteroatoms. The fraction of sp³-hybridized carbons (Fsp3) is 0.158. The predicted molar refractivity (Wildman–Crippen MR) is 94.1 cm³/mol. The Morgan fingerprint density at radius 3 is 2.58 bits per heavy atom. The Hall–Kier alpha value is -3.35. The second-order valence-corrected chi connectivity index (χ2v) is 5.51. The number of nitrogens with one attached hydrogen (secondary N) is 1. The maximum absolute atomic E-state index is 13.2. The van der Waals surface area contributed by atoms with Crippen molar-refractivity contribution in [2.75, 3.05) is 19.5 Å². The van der Waals surface area contributed by atoms with Crippen molar-refractivity contribution < 1.29 is 23.1 Å². The van der Waals surface area contributed by atoms with E-state index in [0.29, 0.717) is 34.1 Å². The SMILES string of the molecule is COc1ccc(-c2ocnc2C(=O)Nc2ccc(F)cc2C)cc1OC. The van der Waals surface area contributed by atoms with Crippen LogP contribution in [0.15, 0.2) is 47.2 Å². The molecule has 0 aliphatic heterocycles. The minimum atomic E-state index is -0.460. The molecular weight excluding hydrogens is 339 g/mol. The minimum Gasteiger partial charge on any atom is -0.493 e. The minimum absolute atomic E-state index is 0.112. The number of hydrogen-bond donors (Lipinski definition) is 1. The van der Waals surface area contributed by atoms with Crippen molar-refractivity contribution in [2.45, 2.75) is 6.92 Å². The van der Waals surface area contributed by atoms with Crippen LogP contribution in [0.4, 0.5) is 10.1 Å². The Bertz CT molecular complexity index is 952. The molecule has 1 amide bonds. The first-order valence-electron chi connectivity index (χ1n) is 7.77. The number of nitrogens with zero attached hydrogens (tertiary/aromatic N) is 1. The Labute approximate surface area is 149 Å². The maximum atomic E-state index is 13.2. The Morgan fingerprint density at radius 1 is 1.12 bits per heavy atom. The van der Waals surface area contributed by atoms with Crippen molar-refractivity contribution in [2.24, 2.45) is 0 Å². The topological polar surface area (TPSA) is 73.6 Å². The summed E-state index contributed by atoms with van der Waals surface area (Å²) in [6.45, 7) is 1.71. The van der Waals surface area contributed by atoms with E-state index < -0.39 is 5.91 Å². The van der Waals surface area contributed by atoms with Gasteiger partial charge in [-0.2, -0.15) is 0 Å². The van der Waals surface area contributed by atoms with Gasteiger partial charge in [0.2, 0.25) is 0 Å². The number of ether oxygens (including phenoxy) is 2. The highest BCUT2D eigenvalue weighted by Gasteiger charge is 2.20. The van der Waals surface area contributed by atoms with Crippen LogP contribution < -0.4 is 14.8 Å². The van der Waals surface area contributed by atoms with Gasteiger partial charge in [-0.3, -0.25) is 4.79 Å². The third-order valence-electron chi connectivity index (χ3n) is 3.86. The number of amides is 1. The van der Waals surface area contributed by atoms with E-state index in [1.807, 2.05) is 0 Å². The van der Waals surface area contributed by atoms with E-state index in [0.717, 1.165) is 0 Å². The summed E-state index contributed by atoms with van der Waals surface area (Å²) in [5.74, 6) is 0.528. The van der Waals surface area contributed by atoms with Gasteiger partial charge in [-0.15, -0.1) is 0 Å². The lowest BCUT2D eigenvalue weighted by Crippen LogP contribution is -2.14. The fourth-order valence-corrected chi connectivity index (χ4v) is 2.54. The Kier molecular flexibility index (Phi) is 4.88. The lowest BCUT2D eigenvalue weighted by atomic mass is 10.1. The summed E-state index contributed by atoms with van der Waals surface area (Å²) >= 11 is 0. The average Bonchev–Trinajstić information content (AvgIpc) is 3.13. The van der Waals surface area contributed by atoms with E-state index >= 15 is 0 Å². The lowest BCUT2D eigenvalue weighted by Gasteiger charge is -2.10.